The molecule has 0 spiro atoms. The molecule has 0 saturated heterocycles. The van der Waals surface area contributed by atoms with Gasteiger partial charge in [0.2, 0.25) is 0 Å². The van der Waals surface area contributed by atoms with E-state index >= 15 is 0 Å². The zero-order valence-electron chi connectivity index (χ0n) is 26.0. The smallest absolute Gasteiger partial charge is 0 e. The fraction of sp³-hybridized carbons (Fsp3) is 0.147. The van der Waals surface area contributed by atoms with Crippen molar-refractivity contribution in [2.24, 2.45) is 8.80 Å². The fourth-order valence-electron chi connectivity index (χ4n) is 3.93. The van der Waals surface area contributed by atoms with Crippen LogP contribution in [0.15, 0.2) is 97.4 Å². The van der Waals surface area contributed by atoms with E-state index in [0.29, 0.717) is 49.3 Å². The van der Waals surface area contributed by atoms with Crippen LogP contribution in [0.5, 0.6) is 17.2 Å². The van der Waals surface area contributed by atoms with Crippen LogP contribution in [0.2, 0.25) is 0 Å². The molecule has 0 aliphatic rings. The predicted molar refractivity (Wildman–Crippen MR) is 174 cm³/mol. The van der Waals surface area contributed by atoms with Gasteiger partial charge in [-0.05, 0) is 67.9 Å². The number of hydrogen-bond acceptors (Lipinski definition) is 5. The third kappa shape index (κ3) is 12.4. The maximum atomic E-state index is 12.9. The van der Waals surface area contributed by atoms with Gasteiger partial charge in [-0.1, -0.05) is 35.4 Å². The van der Waals surface area contributed by atoms with Crippen molar-refractivity contribution >= 4 is 34.4 Å². The molecule has 4 aromatic carbocycles. The summed E-state index contributed by atoms with van der Waals surface area (Å²) in [4.78, 5) is 1.21. The van der Waals surface area contributed by atoms with Gasteiger partial charge in [-0.2, -0.15) is 8.80 Å². The molecule has 0 bridgehead atoms. The minimum absolute atomic E-state index is 0. The summed E-state index contributed by atoms with van der Waals surface area (Å²) >= 11 is 0. The Morgan fingerprint density at radius 2 is 1.09 bits per heavy atom. The second kappa shape index (κ2) is 23.1. The minimum Gasteiger partial charge on any atom is 0 e. The summed E-state index contributed by atoms with van der Waals surface area (Å²) in [6, 6.07) is 23.8. The SMILES string of the molecule is COc1cc(/C=N/[S@](=O)c2ccc(C)cc2)c(-c2cc(/C=N/[S@](=O)c3ccc(C)cc3)ccc2OC)c(OC)c1.[C-]#[O+].[C-]#[O+].[C-]#[O+].[Cr]. The van der Waals surface area contributed by atoms with Crippen molar-refractivity contribution < 1.29 is 53.9 Å². The van der Waals surface area contributed by atoms with Crippen LogP contribution >= 0.6 is 0 Å². The molecule has 10 nitrogen and oxygen atoms in total. The molecule has 0 fully saturated rings. The normalized spacial score (nSPS) is 11.1. The molecule has 2 atom stereocenters. The quantitative estimate of drug-likeness (QED) is 0.110. The summed E-state index contributed by atoms with van der Waals surface area (Å²) in [7, 11) is 1.54. The number of methoxy groups -OCH3 is 3. The molecule has 0 amide bonds. The van der Waals surface area contributed by atoms with E-state index in [-0.39, 0.29) is 17.4 Å². The van der Waals surface area contributed by atoms with Crippen molar-refractivity contribution in [3.8, 4) is 28.4 Å². The van der Waals surface area contributed by atoms with Gasteiger partial charge in [-0.25, -0.2) is 8.42 Å². The van der Waals surface area contributed by atoms with Crippen LogP contribution in [0.1, 0.15) is 22.3 Å². The Bertz CT molecular complexity index is 1740. The topological polar surface area (TPSA) is 146 Å². The van der Waals surface area contributed by atoms with Crippen molar-refractivity contribution in [3.05, 3.63) is 121 Å². The molecule has 0 N–H and O–H groups in total. The number of ether oxygens (including phenoxy) is 3. The first-order chi connectivity index (χ1) is 22.3. The van der Waals surface area contributed by atoms with Gasteiger partial charge in [0, 0.05) is 52.5 Å². The molecule has 0 aromatic heterocycles. The Balaban J connectivity index is 0.00000286. The van der Waals surface area contributed by atoms with E-state index in [1.165, 1.54) is 0 Å². The van der Waals surface area contributed by atoms with Gasteiger partial charge in [0.25, 0.3) is 0 Å². The molecule has 0 aliphatic heterocycles. The van der Waals surface area contributed by atoms with Gasteiger partial charge in [0.05, 0.1) is 31.1 Å². The average molecular weight is 711 g/mol. The Labute approximate surface area is 290 Å². The predicted octanol–water partition coefficient (Wildman–Crippen LogP) is 6.16. The number of hydrogen-bond donors (Lipinski definition) is 0. The van der Waals surface area contributed by atoms with E-state index in [1.807, 2.05) is 50.2 Å². The van der Waals surface area contributed by atoms with Crippen LogP contribution in [0.3, 0.4) is 0 Å². The van der Waals surface area contributed by atoms with Crippen molar-refractivity contribution in [2.45, 2.75) is 23.6 Å². The molecule has 4 rings (SSSR count). The van der Waals surface area contributed by atoms with Crippen LogP contribution < -0.4 is 14.2 Å². The Hall–Kier alpha value is -4.33. The van der Waals surface area contributed by atoms with Gasteiger partial charge in [-0.3, -0.25) is 0 Å². The second-order valence-electron chi connectivity index (χ2n) is 8.85. The maximum absolute atomic E-state index is 12.9. The largest absolute Gasteiger partial charge is 0 e. The van der Waals surface area contributed by atoms with E-state index in [1.54, 1.807) is 76.2 Å². The van der Waals surface area contributed by atoms with Crippen molar-refractivity contribution in [3.63, 3.8) is 0 Å². The number of rotatable bonds is 10. The van der Waals surface area contributed by atoms with E-state index < -0.39 is 22.0 Å². The van der Waals surface area contributed by atoms with Crippen molar-refractivity contribution in [2.75, 3.05) is 21.3 Å². The first kappa shape index (κ1) is 42.7. The molecule has 0 saturated carbocycles. The molecule has 0 unspecified atom stereocenters. The summed E-state index contributed by atoms with van der Waals surface area (Å²) in [5.41, 5.74) is 4.84. The Morgan fingerprint density at radius 1 is 0.617 bits per heavy atom. The van der Waals surface area contributed by atoms with Crippen LogP contribution in [-0.2, 0) is 53.3 Å². The van der Waals surface area contributed by atoms with Gasteiger partial charge < -0.3 is 14.2 Å². The second-order valence-corrected chi connectivity index (χ2v) is 11.2. The third-order valence-electron chi connectivity index (χ3n) is 6.08. The van der Waals surface area contributed by atoms with Crippen LogP contribution in [0, 0.1) is 33.8 Å². The van der Waals surface area contributed by atoms with Crippen molar-refractivity contribution in [1.82, 2.24) is 0 Å². The number of nitrogens with zero attached hydrogens (tertiary/aromatic N) is 2. The molecular formula is C34H30CrN2O8S2. The van der Waals surface area contributed by atoms with Crippen molar-refractivity contribution in [1.29, 1.82) is 0 Å². The molecular weight excluding hydrogens is 681 g/mol. The standard InChI is InChI=1S/C31H30N2O5S2.3CO.Cr/c1-21-6-11-26(12-7-21)39(34)32-19-23-10-15-29(37-4)28(16-23)31-24(17-25(36-3)18-30(31)38-5)20-33-40(35)27-13-8-22(2)9-14-27;3*1-2;/h6-20H,1-5H3;;;;/b32-19+,33-20+;;;;/t39-,40-;;;;/m1..../s1. The van der Waals surface area contributed by atoms with Crippen LogP contribution in [0.4, 0.5) is 0 Å². The first-order valence-electron chi connectivity index (χ1n) is 12.9. The molecule has 47 heavy (non-hydrogen) atoms. The first-order valence-corrected chi connectivity index (χ1v) is 15.1. The van der Waals surface area contributed by atoms with Gasteiger partial charge in [0.1, 0.15) is 17.2 Å². The third-order valence-corrected chi connectivity index (χ3v) is 8.03. The summed E-state index contributed by atoms with van der Waals surface area (Å²) in [5.74, 6) is 1.64. The molecule has 0 aliphatic carbocycles. The van der Waals surface area contributed by atoms with E-state index in [2.05, 4.69) is 28.7 Å². The fourth-order valence-corrected chi connectivity index (χ4v) is 5.33. The van der Waals surface area contributed by atoms with E-state index in [0.717, 1.165) is 11.1 Å². The van der Waals surface area contributed by atoms with Crippen LogP contribution in [-0.4, -0.2) is 42.2 Å². The Morgan fingerprint density at radius 3 is 1.53 bits per heavy atom. The molecule has 13 heteroatoms. The summed E-state index contributed by atoms with van der Waals surface area (Å²) in [5, 5.41) is 0. The monoisotopic (exact) mass is 710 g/mol. The summed E-state index contributed by atoms with van der Waals surface area (Å²) in [6.45, 7) is 17.4. The van der Waals surface area contributed by atoms with Gasteiger partial charge >= 0.3 is 33.9 Å². The van der Waals surface area contributed by atoms with Gasteiger partial charge in [-0.15, -0.1) is 0 Å². The minimum atomic E-state index is -1.61. The van der Waals surface area contributed by atoms with E-state index in [4.69, 9.17) is 28.2 Å². The molecule has 0 radical (unpaired) electrons. The molecule has 242 valence electrons. The average Bonchev–Trinajstić information content (AvgIpc) is 3.12. The van der Waals surface area contributed by atoms with Crippen LogP contribution in [0.25, 0.3) is 11.1 Å². The maximum Gasteiger partial charge on any atom is 0 e. The Kier molecular flexibility index (Phi) is 20.9. The zero-order valence-corrected chi connectivity index (χ0v) is 29.0. The molecule has 0 heterocycles. The zero-order chi connectivity index (χ0) is 34.6. The summed E-state index contributed by atoms with van der Waals surface area (Å²) < 4.78 is 73.7. The summed E-state index contributed by atoms with van der Waals surface area (Å²) in [6.07, 6.45) is 3.11. The number of benzene rings is 4. The van der Waals surface area contributed by atoms with E-state index in [9.17, 15) is 8.42 Å². The molecule has 4 aromatic rings. The van der Waals surface area contributed by atoms with Gasteiger partial charge in [0.15, 0.2) is 22.0 Å². The number of aryl methyl sites for hydroxylation is 2.